The average Bonchev–Trinajstić information content (AvgIpc) is 3.33. The molecule has 0 N–H and O–H groups in total. The first kappa shape index (κ1) is 56.2. The van der Waals surface area contributed by atoms with E-state index in [1.54, 1.807) is 30.3 Å². The van der Waals surface area contributed by atoms with Gasteiger partial charge in [-0.1, -0.05) is 257 Å². The van der Waals surface area contributed by atoms with E-state index < -0.39 is 64.3 Å². The minimum atomic E-state index is -5.82. The molecule has 374 valence electrons. The average molecular weight is 1040 g/mol. The Balaban J connectivity index is 1.70. The predicted molar refractivity (Wildman–Crippen MR) is 296 cm³/mol. The van der Waals surface area contributed by atoms with Gasteiger partial charge in [-0.05, 0) is 50.2 Å². The molecule has 0 heterocycles. The molecule has 2 atom stereocenters. The number of rotatable bonds is 29. The number of unbranched alkanes of at least 4 members (excludes halogenated alkanes) is 6. The Morgan fingerprint density at radius 2 is 0.970 bits per heavy atom. The van der Waals surface area contributed by atoms with Crippen molar-refractivity contribution in [2.45, 2.75) is 203 Å². The van der Waals surface area contributed by atoms with Crippen molar-refractivity contribution in [3.63, 3.8) is 0 Å². The van der Waals surface area contributed by atoms with Crippen molar-refractivity contribution in [2.75, 3.05) is 4.67 Å². The summed E-state index contributed by atoms with van der Waals surface area (Å²) in [6.45, 7) is 13.5. The van der Waals surface area contributed by atoms with Crippen molar-refractivity contribution >= 4 is 81.2 Å². The Kier molecular flexibility index (Phi) is 22.8. The molecule has 4 aromatic rings. The summed E-state index contributed by atoms with van der Waals surface area (Å²) in [7, 11) is -6.25. The molecule has 0 spiro atoms. The Hall–Kier alpha value is -1.75. The molecule has 0 aliphatic heterocycles. The van der Waals surface area contributed by atoms with E-state index in [1.165, 1.54) is 78.0 Å². The third kappa shape index (κ3) is 14.9. The number of nitrogens with zero attached hydrogens (tertiary/aromatic N) is 1. The fourth-order valence-electron chi connectivity index (χ4n) is 10.8. The molecule has 2 unspecified atom stereocenters. The maximum absolute atomic E-state index is 16.0. The summed E-state index contributed by atoms with van der Waals surface area (Å²) in [5.41, 5.74) is 1.53. The maximum atomic E-state index is 16.0. The van der Waals surface area contributed by atoms with Crippen LogP contribution in [0.1, 0.15) is 151 Å². The summed E-state index contributed by atoms with van der Waals surface area (Å²) in [4.78, 5) is -1.29. The van der Waals surface area contributed by atoms with Crippen LogP contribution in [0.25, 0.3) is 11.1 Å². The van der Waals surface area contributed by atoms with Crippen LogP contribution in [-0.2, 0) is 0 Å². The minimum absolute atomic E-state index is 0.0771. The van der Waals surface area contributed by atoms with Crippen molar-refractivity contribution in [2.24, 2.45) is 0 Å². The summed E-state index contributed by atoms with van der Waals surface area (Å²) in [5.74, 6) is 0. The van der Waals surface area contributed by atoms with Crippen LogP contribution in [-0.4, -0.2) is 22.2 Å². The standard InChI is InChI=1S/C54H81F6NP2S2Si2/c1-7-13-39-66(40-14-8-2,41-15-9-3)48-35-31-45(32-36-48)50-27-24-28-51(54(50)65(58,59)60)62-63(52-29-22-23-30-53(52)64(55,56)57)61(46-25-20-19-21-26-46)47-33-37-49(38-34-47)67(42-16-10-4,43-17-11-5)44-18-12-6/h22-24,27-38,46,62H,7-21,25-26,39-44H2,1-6H3. The highest BCUT2D eigenvalue weighted by Gasteiger charge is 2.40. The van der Waals surface area contributed by atoms with Gasteiger partial charge in [-0.2, -0.15) is 0 Å². The molecule has 1 aliphatic rings. The molecule has 0 amide bonds. The van der Waals surface area contributed by atoms with Gasteiger partial charge in [0.1, 0.15) is 0 Å². The molecule has 1 nitrogen and oxygen atoms in total. The second kappa shape index (κ2) is 27.2. The van der Waals surface area contributed by atoms with Crippen molar-refractivity contribution < 1.29 is 23.3 Å². The SMILES string of the molecule is CCCC[Si](CCCC)(CCCC)c1ccc(-c2cccc(PP(c3ccccc3S(F)(F)F)N(c3ccc([Si](CCCC)(CCCC)CCCC)cc3)C3CCCCC3)c2S(F)(F)F)cc1. The molecule has 0 saturated heterocycles. The first-order valence-electron chi connectivity index (χ1n) is 25.9. The Morgan fingerprint density at radius 3 is 1.40 bits per heavy atom. The lowest BCUT2D eigenvalue weighted by Gasteiger charge is -2.43. The van der Waals surface area contributed by atoms with Gasteiger partial charge >= 0.3 is 0 Å². The molecular formula is C54H81F6NP2S2Si2. The van der Waals surface area contributed by atoms with Gasteiger partial charge < -0.3 is 4.67 Å². The van der Waals surface area contributed by atoms with Gasteiger partial charge in [0.15, 0.2) is 0 Å². The van der Waals surface area contributed by atoms with E-state index in [0.717, 1.165) is 95.6 Å². The van der Waals surface area contributed by atoms with Crippen molar-refractivity contribution in [1.29, 1.82) is 0 Å². The third-order valence-corrected chi connectivity index (χ3v) is 33.1. The summed E-state index contributed by atoms with van der Waals surface area (Å²) >= 11 is -11.5. The van der Waals surface area contributed by atoms with Gasteiger partial charge in [-0.15, -0.1) is 23.3 Å². The monoisotopic (exact) mass is 1040 g/mol. The largest absolute Gasteiger partial charge is 0.340 e. The van der Waals surface area contributed by atoms with Gasteiger partial charge in [-0.3, -0.25) is 0 Å². The second-order valence-corrected chi connectivity index (χ2v) is 35.3. The van der Waals surface area contributed by atoms with Crippen LogP contribution in [0.15, 0.2) is 101 Å². The molecule has 5 rings (SSSR count). The molecule has 1 aliphatic carbocycles. The predicted octanol–water partition coefficient (Wildman–Crippen LogP) is 19.9. The summed E-state index contributed by atoms with van der Waals surface area (Å²) in [6.07, 6.45) is 18.4. The molecule has 1 saturated carbocycles. The molecule has 67 heavy (non-hydrogen) atoms. The van der Waals surface area contributed by atoms with E-state index in [-0.39, 0.29) is 22.2 Å². The van der Waals surface area contributed by atoms with Gasteiger partial charge in [0.05, 0.1) is 33.7 Å². The fraction of sp³-hybridized carbons (Fsp3) is 0.556. The highest BCUT2D eigenvalue weighted by Crippen LogP contribution is 2.70. The number of anilines is 1. The minimum Gasteiger partial charge on any atom is -0.340 e. The van der Waals surface area contributed by atoms with Crippen LogP contribution in [0, 0.1) is 0 Å². The van der Waals surface area contributed by atoms with Crippen molar-refractivity contribution in [3.8, 4) is 11.1 Å². The number of hydrogen-bond donors (Lipinski definition) is 0. The smallest absolute Gasteiger partial charge is 0.238 e. The first-order valence-corrected chi connectivity index (χ1v) is 36.9. The zero-order valence-electron chi connectivity index (χ0n) is 41.5. The number of hydrogen-bond acceptors (Lipinski definition) is 1. The lowest BCUT2D eigenvalue weighted by atomic mass is 9.95. The van der Waals surface area contributed by atoms with Gasteiger partial charge in [0.2, 0.25) is 22.4 Å². The van der Waals surface area contributed by atoms with E-state index in [9.17, 15) is 0 Å². The first-order chi connectivity index (χ1) is 32.2. The summed E-state index contributed by atoms with van der Waals surface area (Å²) in [6, 6.07) is 34.9. The Labute approximate surface area is 411 Å². The quantitative estimate of drug-likeness (QED) is 0.0298. The van der Waals surface area contributed by atoms with E-state index in [1.807, 2.05) is 12.1 Å². The highest BCUT2D eigenvalue weighted by molar-refractivity contribution is 8.30. The molecule has 13 heteroatoms. The molecule has 0 bridgehead atoms. The van der Waals surface area contributed by atoms with E-state index >= 15 is 23.3 Å². The van der Waals surface area contributed by atoms with E-state index in [2.05, 4.69) is 82.6 Å². The van der Waals surface area contributed by atoms with Crippen molar-refractivity contribution in [3.05, 3.63) is 91.0 Å². The van der Waals surface area contributed by atoms with E-state index in [4.69, 9.17) is 0 Å². The van der Waals surface area contributed by atoms with Crippen LogP contribution in [0.4, 0.5) is 29.0 Å². The topological polar surface area (TPSA) is 3.24 Å². The zero-order valence-corrected chi connectivity index (χ0v) is 47.0. The Morgan fingerprint density at radius 1 is 0.522 bits per heavy atom. The summed E-state index contributed by atoms with van der Waals surface area (Å²) < 4.78 is 96.3. The number of halogens is 6. The molecule has 4 aromatic carbocycles. The normalized spacial score (nSPS) is 15.3. The van der Waals surface area contributed by atoms with Crippen LogP contribution < -0.4 is 25.7 Å². The molecule has 1 fully saturated rings. The molecule has 0 aromatic heterocycles. The van der Waals surface area contributed by atoms with Gasteiger partial charge in [0, 0.05) is 22.6 Å². The molecule has 0 radical (unpaired) electrons. The summed E-state index contributed by atoms with van der Waals surface area (Å²) in [5, 5.41) is 3.04. The van der Waals surface area contributed by atoms with Crippen LogP contribution in [0.5, 0.6) is 0 Å². The maximum Gasteiger partial charge on any atom is 0.238 e. The van der Waals surface area contributed by atoms with Crippen LogP contribution in [0.3, 0.4) is 0 Å². The second-order valence-electron chi connectivity index (χ2n) is 19.3. The lowest BCUT2D eigenvalue weighted by Crippen LogP contribution is -2.47. The van der Waals surface area contributed by atoms with Crippen molar-refractivity contribution in [1.82, 2.24) is 0 Å². The Bertz CT molecular complexity index is 2020. The third-order valence-electron chi connectivity index (χ3n) is 14.6. The lowest BCUT2D eigenvalue weighted by molar-refractivity contribution is 0.446. The van der Waals surface area contributed by atoms with Gasteiger partial charge in [-0.25, -0.2) is 0 Å². The fourth-order valence-corrected chi connectivity index (χ4v) is 30.6. The van der Waals surface area contributed by atoms with Crippen LogP contribution >= 0.6 is 38.4 Å². The van der Waals surface area contributed by atoms with Crippen LogP contribution in [0.2, 0.25) is 36.3 Å². The van der Waals surface area contributed by atoms with Gasteiger partial charge in [0.25, 0.3) is 0 Å². The van der Waals surface area contributed by atoms with E-state index in [0.29, 0.717) is 5.56 Å². The molecular weight excluding hydrogens is 959 g/mol. The zero-order chi connectivity index (χ0) is 48.5. The highest BCUT2D eigenvalue weighted by atomic mass is 32.3. The number of benzene rings is 4.